The zero-order valence-electron chi connectivity index (χ0n) is 15.1. The quantitative estimate of drug-likeness (QED) is 0.716. The molecule has 2 aliphatic rings. The van der Waals surface area contributed by atoms with Gasteiger partial charge in [0.25, 0.3) is 5.91 Å². The van der Waals surface area contributed by atoms with Gasteiger partial charge < -0.3 is 9.64 Å². The molecule has 1 aliphatic carbocycles. The monoisotopic (exact) mass is 362 g/mol. The lowest BCUT2D eigenvalue weighted by atomic mass is 10.1. The Kier molecular flexibility index (Phi) is 4.13. The van der Waals surface area contributed by atoms with Crippen molar-refractivity contribution < 1.29 is 9.53 Å². The summed E-state index contributed by atoms with van der Waals surface area (Å²) < 4.78 is 8.10. The maximum Gasteiger partial charge on any atom is 0.254 e. The van der Waals surface area contributed by atoms with Gasteiger partial charge in [0, 0.05) is 36.5 Å². The van der Waals surface area contributed by atoms with E-state index in [2.05, 4.69) is 10.1 Å². The second kappa shape index (κ2) is 6.78. The lowest BCUT2D eigenvalue weighted by Crippen LogP contribution is -2.37. The fourth-order valence-electron chi connectivity index (χ4n) is 3.62. The third kappa shape index (κ3) is 3.45. The highest BCUT2D eigenvalue weighted by molar-refractivity contribution is 5.97. The first-order valence-electron chi connectivity index (χ1n) is 9.52. The molecule has 1 unspecified atom stereocenters. The Hall–Kier alpha value is -2.73. The van der Waals surface area contributed by atoms with Crippen molar-refractivity contribution >= 4 is 16.8 Å². The summed E-state index contributed by atoms with van der Waals surface area (Å²) in [4.78, 5) is 19.5. The molecule has 0 saturated heterocycles. The van der Waals surface area contributed by atoms with Gasteiger partial charge in [0.1, 0.15) is 0 Å². The lowest BCUT2D eigenvalue weighted by molar-refractivity contribution is 0.0136. The van der Waals surface area contributed by atoms with Crippen LogP contribution in [0.1, 0.15) is 28.9 Å². The van der Waals surface area contributed by atoms with Gasteiger partial charge in [-0.1, -0.05) is 6.07 Å². The number of carbonyl (C=O) groups is 1. The Bertz CT molecular complexity index is 979. The van der Waals surface area contributed by atoms with E-state index in [1.54, 1.807) is 12.4 Å². The Balaban J connectivity index is 1.41. The smallest absolute Gasteiger partial charge is 0.254 e. The predicted molar refractivity (Wildman–Crippen MR) is 101 cm³/mol. The fourth-order valence-corrected chi connectivity index (χ4v) is 3.62. The van der Waals surface area contributed by atoms with Gasteiger partial charge in [0.2, 0.25) is 0 Å². The second-order valence-electron chi connectivity index (χ2n) is 7.50. The summed E-state index contributed by atoms with van der Waals surface area (Å²) in [7, 11) is 0. The highest BCUT2D eigenvalue weighted by atomic mass is 16.5. The molecule has 6 heteroatoms. The van der Waals surface area contributed by atoms with E-state index in [0.29, 0.717) is 31.1 Å². The highest BCUT2D eigenvalue weighted by Gasteiger charge is 2.29. The Morgan fingerprint density at radius 3 is 2.96 bits per heavy atom. The van der Waals surface area contributed by atoms with Crippen molar-refractivity contribution in [2.24, 2.45) is 5.92 Å². The molecular formula is C21H22N4O2. The molecule has 0 radical (unpaired) electrons. The molecule has 27 heavy (non-hydrogen) atoms. The summed E-state index contributed by atoms with van der Waals surface area (Å²) in [6.45, 7) is 2.61. The van der Waals surface area contributed by atoms with E-state index in [-0.39, 0.29) is 12.0 Å². The summed E-state index contributed by atoms with van der Waals surface area (Å²) in [6.07, 6.45) is 6.05. The summed E-state index contributed by atoms with van der Waals surface area (Å²) >= 11 is 0. The molecule has 1 aliphatic heterocycles. The number of hydrogen-bond donors (Lipinski definition) is 0. The predicted octanol–water partition coefficient (Wildman–Crippen LogP) is 2.88. The van der Waals surface area contributed by atoms with Crippen molar-refractivity contribution in [3.8, 4) is 0 Å². The van der Waals surface area contributed by atoms with E-state index in [9.17, 15) is 4.79 Å². The summed E-state index contributed by atoms with van der Waals surface area (Å²) in [5, 5.41) is 5.38. The van der Waals surface area contributed by atoms with Gasteiger partial charge in [-0.25, -0.2) is 0 Å². The zero-order valence-corrected chi connectivity index (χ0v) is 15.1. The molecule has 2 aromatic heterocycles. The number of pyridine rings is 1. The van der Waals surface area contributed by atoms with Gasteiger partial charge in [-0.3, -0.25) is 14.5 Å². The van der Waals surface area contributed by atoms with Crippen molar-refractivity contribution in [1.29, 1.82) is 0 Å². The van der Waals surface area contributed by atoms with Crippen LogP contribution < -0.4 is 0 Å². The van der Waals surface area contributed by atoms with Crippen LogP contribution in [0.3, 0.4) is 0 Å². The maximum atomic E-state index is 13.2. The van der Waals surface area contributed by atoms with Crippen LogP contribution in [0, 0.1) is 5.92 Å². The third-order valence-corrected chi connectivity index (χ3v) is 5.36. The van der Waals surface area contributed by atoms with E-state index in [0.717, 1.165) is 23.2 Å². The minimum atomic E-state index is -0.0298. The SMILES string of the molecule is O=C(c1ccc2ncccc2c1)N1Cc2ccnn2CC(OCC2CC2)C1. The van der Waals surface area contributed by atoms with Gasteiger partial charge in [-0.15, -0.1) is 0 Å². The number of benzene rings is 1. The molecule has 1 amide bonds. The standard InChI is InChI=1S/C21H22N4O2/c26-21(17-5-6-20-16(10-17)2-1-8-22-20)24-11-18-7-9-23-25(18)13-19(12-24)27-14-15-3-4-15/h1-2,5-10,15,19H,3-4,11-14H2. The van der Waals surface area contributed by atoms with E-state index in [1.165, 1.54) is 12.8 Å². The number of hydrogen-bond acceptors (Lipinski definition) is 4. The Labute approximate surface area is 157 Å². The van der Waals surface area contributed by atoms with Crippen molar-refractivity contribution in [2.45, 2.75) is 32.0 Å². The second-order valence-corrected chi connectivity index (χ2v) is 7.50. The van der Waals surface area contributed by atoms with Gasteiger partial charge >= 0.3 is 0 Å². The minimum Gasteiger partial charge on any atom is -0.374 e. The van der Waals surface area contributed by atoms with Crippen molar-refractivity contribution in [2.75, 3.05) is 13.2 Å². The van der Waals surface area contributed by atoms with E-state index in [1.807, 2.05) is 46.0 Å². The summed E-state index contributed by atoms with van der Waals surface area (Å²) in [5.74, 6) is 0.720. The molecule has 0 bridgehead atoms. The van der Waals surface area contributed by atoms with Crippen LogP contribution in [0.25, 0.3) is 10.9 Å². The molecule has 0 N–H and O–H groups in total. The van der Waals surface area contributed by atoms with Gasteiger partial charge in [-0.05, 0) is 49.1 Å². The first kappa shape index (κ1) is 16.4. The zero-order chi connectivity index (χ0) is 18.2. The van der Waals surface area contributed by atoms with Crippen molar-refractivity contribution in [3.05, 3.63) is 60.0 Å². The lowest BCUT2D eigenvalue weighted by Gasteiger charge is -2.24. The number of amides is 1. The van der Waals surface area contributed by atoms with Crippen LogP contribution in [0.15, 0.2) is 48.8 Å². The molecule has 6 nitrogen and oxygen atoms in total. The third-order valence-electron chi connectivity index (χ3n) is 5.36. The van der Waals surface area contributed by atoms with Crippen LogP contribution in [0.4, 0.5) is 0 Å². The molecule has 0 spiro atoms. The molecule has 3 heterocycles. The van der Waals surface area contributed by atoms with Gasteiger partial charge in [0.05, 0.1) is 30.4 Å². The molecule has 138 valence electrons. The average molecular weight is 362 g/mol. The minimum absolute atomic E-state index is 0.0235. The van der Waals surface area contributed by atoms with Crippen LogP contribution in [-0.2, 0) is 17.8 Å². The van der Waals surface area contributed by atoms with E-state index in [4.69, 9.17) is 4.74 Å². The highest BCUT2D eigenvalue weighted by Crippen LogP contribution is 2.29. The first-order valence-corrected chi connectivity index (χ1v) is 9.52. The van der Waals surface area contributed by atoms with E-state index < -0.39 is 0 Å². The van der Waals surface area contributed by atoms with E-state index >= 15 is 0 Å². The molecule has 1 atom stereocenters. The normalized spacial score (nSPS) is 19.7. The fraction of sp³-hybridized carbons (Fsp3) is 0.381. The summed E-state index contributed by atoms with van der Waals surface area (Å²) in [6, 6.07) is 11.5. The number of rotatable bonds is 4. The number of nitrogens with zero attached hydrogens (tertiary/aromatic N) is 4. The summed E-state index contributed by atoms with van der Waals surface area (Å²) in [5.41, 5.74) is 2.63. The Morgan fingerprint density at radius 2 is 2.07 bits per heavy atom. The van der Waals surface area contributed by atoms with Gasteiger partial charge in [-0.2, -0.15) is 5.10 Å². The number of fused-ring (bicyclic) bond motifs is 2. The average Bonchev–Trinajstić information content (AvgIpc) is 3.47. The first-order chi connectivity index (χ1) is 13.3. The van der Waals surface area contributed by atoms with Gasteiger partial charge in [0.15, 0.2) is 0 Å². The maximum absolute atomic E-state index is 13.2. The van der Waals surface area contributed by atoms with Crippen molar-refractivity contribution in [1.82, 2.24) is 19.7 Å². The van der Waals surface area contributed by atoms with Crippen LogP contribution in [0.5, 0.6) is 0 Å². The molecular weight excluding hydrogens is 340 g/mol. The number of aromatic nitrogens is 3. The molecule has 1 fully saturated rings. The van der Waals surface area contributed by atoms with Crippen LogP contribution >= 0.6 is 0 Å². The number of carbonyl (C=O) groups excluding carboxylic acids is 1. The van der Waals surface area contributed by atoms with Crippen LogP contribution in [-0.4, -0.2) is 44.8 Å². The molecule has 5 rings (SSSR count). The largest absolute Gasteiger partial charge is 0.374 e. The molecule has 3 aromatic rings. The van der Waals surface area contributed by atoms with Crippen molar-refractivity contribution in [3.63, 3.8) is 0 Å². The Morgan fingerprint density at radius 1 is 1.15 bits per heavy atom. The molecule has 1 aromatic carbocycles. The molecule has 1 saturated carbocycles. The topological polar surface area (TPSA) is 60.2 Å². The van der Waals surface area contributed by atoms with Crippen LogP contribution in [0.2, 0.25) is 0 Å². The number of ether oxygens (including phenoxy) is 1.